The third-order valence-electron chi connectivity index (χ3n) is 3.99. The van der Waals surface area contributed by atoms with Crippen LogP contribution in [0.2, 0.25) is 0 Å². The van der Waals surface area contributed by atoms with Crippen molar-refractivity contribution in [2.75, 3.05) is 33.5 Å². The summed E-state index contributed by atoms with van der Waals surface area (Å²) in [5.74, 6) is -0.201. The molecule has 0 heterocycles. The first-order valence-electron chi connectivity index (χ1n) is 9.31. The molecular weight excluding hydrogens is 409 g/mol. The van der Waals surface area contributed by atoms with Crippen molar-refractivity contribution in [2.24, 2.45) is 0 Å². The Labute approximate surface area is 177 Å². The molecule has 0 radical (unpaired) electrons. The Balaban J connectivity index is 0.000000382. The van der Waals surface area contributed by atoms with Crippen molar-refractivity contribution in [3.63, 3.8) is 0 Å². The molecule has 8 nitrogen and oxygen atoms in total. The number of aryl methyl sites for hydroxylation is 3. The second-order valence-electron chi connectivity index (χ2n) is 6.45. The van der Waals surface area contributed by atoms with Crippen molar-refractivity contribution in [3.05, 3.63) is 64.2 Å². The largest absolute Gasteiger partial charge is 0.546 e. The first kappa shape index (κ1) is 26.0. The number of carbonyl (C=O) groups is 1. The molecule has 0 amide bonds. The van der Waals surface area contributed by atoms with Gasteiger partial charge in [0, 0.05) is 12.6 Å². The summed E-state index contributed by atoms with van der Waals surface area (Å²) in [5.41, 5.74) is 3.77. The van der Waals surface area contributed by atoms with Crippen LogP contribution in [0.25, 0.3) is 0 Å². The van der Waals surface area contributed by atoms with Gasteiger partial charge >= 0.3 is 8.03 Å². The maximum atomic E-state index is 12.7. The lowest BCUT2D eigenvalue weighted by Gasteiger charge is -2.13. The first-order chi connectivity index (χ1) is 14.2. The third kappa shape index (κ3) is 8.01. The topological polar surface area (TPSA) is 117 Å². The molecule has 0 aliphatic carbocycles. The summed E-state index contributed by atoms with van der Waals surface area (Å²) >= 11 is 0. The van der Waals surface area contributed by atoms with Crippen LogP contribution in [0.4, 0.5) is 0 Å². The van der Waals surface area contributed by atoms with E-state index in [1.807, 2.05) is 32.9 Å². The number of benzene rings is 2. The normalized spacial score (nSPS) is 11.1. The first-order valence-corrected chi connectivity index (χ1v) is 10.5. The molecule has 9 heteroatoms. The van der Waals surface area contributed by atoms with Gasteiger partial charge in [-0.2, -0.15) is 4.89 Å². The summed E-state index contributed by atoms with van der Waals surface area (Å²) in [5, 5.41) is 17.9. The zero-order valence-electron chi connectivity index (χ0n) is 17.7. The summed E-state index contributed by atoms with van der Waals surface area (Å²) in [6, 6.07) is 10.4. The van der Waals surface area contributed by atoms with Crippen LogP contribution >= 0.6 is 8.03 Å². The maximum Gasteiger partial charge on any atom is 0.546 e. The summed E-state index contributed by atoms with van der Waals surface area (Å²) in [4.78, 5) is 31.5. The molecule has 0 aromatic heterocycles. The smallest absolute Gasteiger partial charge is 0.394 e. The lowest BCUT2D eigenvalue weighted by Crippen LogP contribution is -2.22. The molecule has 2 rings (SSSR count). The molecule has 0 spiro atoms. The predicted molar refractivity (Wildman–Crippen MR) is 114 cm³/mol. The van der Waals surface area contributed by atoms with Crippen LogP contribution in [0.1, 0.15) is 32.6 Å². The quantitative estimate of drug-likeness (QED) is 0.309. The van der Waals surface area contributed by atoms with Gasteiger partial charge in [0.05, 0.1) is 32.0 Å². The fourth-order valence-electron chi connectivity index (χ4n) is 2.88. The van der Waals surface area contributed by atoms with E-state index in [2.05, 4.69) is 0 Å². The summed E-state index contributed by atoms with van der Waals surface area (Å²) in [6.45, 7) is 6.04. The van der Waals surface area contributed by atoms with Crippen molar-refractivity contribution in [2.45, 2.75) is 20.8 Å². The van der Waals surface area contributed by atoms with E-state index in [0.717, 1.165) is 21.9 Å². The van der Waals surface area contributed by atoms with E-state index in [0.29, 0.717) is 11.1 Å². The van der Waals surface area contributed by atoms with Crippen LogP contribution in [0.3, 0.4) is 0 Å². The predicted octanol–water partition coefficient (Wildman–Crippen LogP) is 1.97. The molecule has 0 aliphatic rings. The molecule has 0 saturated carbocycles. The highest BCUT2D eigenvalue weighted by Gasteiger charge is 2.27. The Hall–Kier alpha value is -2.03. The van der Waals surface area contributed by atoms with E-state index < -0.39 is 8.03 Å². The zero-order chi connectivity index (χ0) is 22.7. The Morgan fingerprint density at radius 2 is 1.50 bits per heavy atom. The molecule has 1 unspecified atom stereocenters. The van der Waals surface area contributed by atoms with Crippen LogP contribution in [0.15, 0.2) is 36.4 Å². The standard InChI is InChI=1S/C16H15O3P.C5H13NO4/c1-10-8-11(2)15(12(3)9-10)16(17)13-6-4-5-7-14(13)20(18)19;1-6(9-4-2-7)10-5-3-8/h4-9H,1-3H3;7-8H,2-5H2,1H3/p+1. The van der Waals surface area contributed by atoms with Gasteiger partial charge in [0.25, 0.3) is 0 Å². The molecule has 0 bridgehead atoms. The zero-order valence-corrected chi connectivity index (χ0v) is 18.6. The average molecular weight is 438 g/mol. The molecule has 0 aliphatic heterocycles. The minimum Gasteiger partial charge on any atom is -0.394 e. The third-order valence-corrected chi connectivity index (χ3v) is 4.79. The van der Waals surface area contributed by atoms with Crippen LogP contribution in [-0.2, 0) is 14.2 Å². The Bertz CT molecular complexity index is 826. The second kappa shape index (κ2) is 13.3. The monoisotopic (exact) mass is 438 g/mol. The van der Waals surface area contributed by atoms with Crippen LogP contribution < -0.4 is 5.30 Å². The highest BCUT2D eigenvalue weighted by Crippen LogP contribution is 2.23. The molecule has 1 atom stereocenters. The lowest BCUT2D eigenvalue weighted by molar-refractivity contribution is -0.356. The van der Waals surface area contributed by atoms with Crippen molar-refractivity contribution < 1.29 is 34.1 Å². The highest BCUT2D eigenvalue weighted by atomic mass is 31.1. The number of ketones is 1. The van der Waals surface area contributed by atoms with Crippen molar-refractivity contribution >= 4 is 19.1 Å². The number of aliphatic hydroxyl groups excluding tert-OH is 2. The van der Waals surface area contributed by atoms with Gasteiger partial charge in [-0.1, -0.05) is 35.1 Å². The molecule has 164 valence electrons. The number of aliphatic hydroxyl groups is 2. The van der Waals surface area contributed by atoms with Crippen molar-refractivity contribution in [3.8, 4) is 0 Å². The molecular formula is C21H29NO7P+. The molecule has 3 N–H and O–H groups in total. The van der Waals surface area contributed by atoms with Crippen LogP contribution in [-0.4, -0.2) is 59.6 Å². The molecule has 2 aromatic rings. The number of hydrogen-bond donors (Lipinski definition) is 3. The SMILES string of the molecule is CN(OCCO)OCCO.Cc1cc(C)c(C(=O)c2ccccc2[P+](=O)O)c(C)c1. The number of carbonyl (C=O) groups excluding carboxylic acids is 1. The van der Waals surface area contributed by atoms with Gasteiger partial charge in [0.15, 0.2) is 5.78 Å². The fraction of sp³-hybridized carbons (Fsp3) is 0.381. The van der Waals surface area contributed by atoms with E-state index in [1.165, 1.54) is 6.07 Å². The Morgan fingerprint density at radius 3 is 1.97 bits per heavy atom. The highest BCUT2D eigenvalue weighted by molar-refractivity contribution is 7.47. The maximum absolute atomic E-state index is 12.7. The molecule has 0 fully saturated rings. The Morgan fingerprint density at radius 1 is 1.00 bits per heavy atom. The fourth-order valence-corrected chi connectivity index (χ4v) is 3.48. The Kier molecular flexibility index (Phi) is 11.5. The van der Waals surface area contributed by atoms with E-state index in [4.69, 9.17) is 19.9 Å². The van der Waals surface area contributed by atoms with E-state index in [9.17, 15) is 14.3 Å². The average Bonchev–Trinajstić information content (AvgIpc) is 2.70. The lowest BCUT2D eigenvalue weighted by atomic mass is 9.93. The number of hydroxylamine groups is 2. The minimum absolute atomic E-state index is 0.0488. The second-order valence-corrected chi connectivity index (χ2v) is 7.47. The van der Waals surface area contributed by atoms with Crippen LogP contribution in [0.5, 0.6) is 0 Å². The summed E-state index contributed by atoms with van der Waals surface area (Å²) < 4.78 is 11.4. The van der Waals surface area contributed by atoms with E-state index >= 15 is 0 Å². The summed E-state index contributed by atoms with van der Waals surface area (Å²) in [7, 11) is -0.989. The van der Waals surface area contributed by atoms with Crippen LogP contribution in [0, 0.1) is 20.8 Å². The van der Waals surface area contributed by atoms with Gasteiger partial charge in [0.2, 0.25) is 5.30 Å². The van der Waals surface area contributed by atoms with Gasteiger partial charge in [-0.3, -0.25) is 14.5 Å². The number of nitrogens with zero attached hydrogens (tertiary/aromatic N) is 1. The van der Waals surface area contributed by atoms with Crippen molar-refractivity contribution in [1.29, 1.82) is 0 Å². The van der Waals surface area contributed by atoms with E-state index in [1.54, 1.807) is 25.2 Å². The minimum atomic E-state index is -2.54. The van der Waals surface area contributed by atoms with Gasteiger partial charge < -0.3 is 10.2 Å². The summed E-state index contributed by atoms with van der Waals surface area (Å²) in [6.07, 6.45) is 0. The van der Waals surface area contributed by atoms with Gasteiger partial charge in [-0.25, -0.2) is 0 Å². The number of rotatable bonds is 9. The van der Waals surface area contributed by atoms with Crippen molar-refractivity contribution in [1.82, 2.24) is 5.23 Å². The molecule has 30 heavy (non-hydrogen) atoms. The molecule has 2 aromatic carbocycles. The van der Waals surface area contributed by atoms with Gasteiger partial charge in [0.1, 0.15) is 0 Å². The number of hydrogen-bond acceptors (Lipinski definition) is 7. The molecule has 0 saturated heterocycles. The van der Waals surface area contributed by atoms with Gasteiger partial charge in [-0.15, -0.1) is 0 Å². The van der Waals surface area contributed by atoms with E-state index in [-0.39, 0.29) is 37.5 Å². The van der Waals surface area contributed by atoms with Gasteiger partial charge in [-0.05, 0) is 48.6 Å².